The number of aryl methyl sites for hydroxylation is 2. The molecule has 1 N–H and O–H groups in total. The molecule has 0 aliphatic carbocycles. The smallest absolute Gasteiger partial charge is 0.0576 e. The Morgan fingerprint density at radius 1 is 0.947 bits per heavy atom. The Hall–Kier alpha value is -1.12. The van der Waals surface area contributed by atoms with Crippen LogP contribution in [-0.4, -0.2) is 6.54 Å². The lowest BCUT2D eigenvalue weighted by atomic mass is 9.95. The van der Waals surface area contributed by atoms with Crippen LogP contribution in [0.2, 0.25) is 0 Å². The first kappa shape index (κ1) is 14.3. The molecule has 0 amide bonds. The first-order valence-corrected chi connectivity index (χ1v) is 7.46. The van der Waals surface area contributed by atoms with E-state index in [4.69, 9.17) is 0 Å². The maximum Gasteiger partial charge on any atom is 0.0576 e. The SMILES string of the molecule is CCNC(c1ccc(Br)cc1)c1cc(C)cc(C)c1. The fourth-order valence-electron chi connectivity index (χ4n) is 2.46. The summed E-state index contributed by atoms with van der Waals surface area (Å²) in [5, 5.41) is 3.57. The largest absolute Gasteiger partial charge is 0.307 e. The predicted molar refractivity (Wildman–Crippen MR) is 85.6 cm³/mol. The molecule has 1 atom stereocenters. The topological polar surface area (TPSA) is 12.0 Å². The molecule has 100 valence electrons. The van der Waals surface area contributed by atoms with Gasteiger partial charge >= 0.3 is 0 Å². The van der Waals surface area contributed by atoms with Crippen molar-refractivity contribution in [3.05, 3.63) is 69.2 Å². The van der Waals surface area contributed by atoms with Crippen LogP contribution in [0, 0.1) is 13.8 Å². The molecule has 1 nitrogen and oxygen atoms in total. The van der Waals surface area contributed by atoms with Crippen molar-refractivity contribution in [2.45, 2.75) is 26.8 Å². The average molecular weight is 318 g/mol. The zero-order chi connectivity index (χ0) is 13.8. The van der Waals surface area contributed by atoms with Crippen LogP contribution in [0.1, 0.15) is 35.2 Å². The summed E-state index contributed by atoms with van der Waals surface area (Å²) in [7, 11) is 0. The molecule has 0 fully saturated rings. The van der Waals surface area contributed by atoms with Gasteiger partial charge in [0.05, 0.1) is 6.04 Å². The van der Waals surface area contributed by atoms with Gasteiger partial charge in [-0.2, -0.15) is 0 Å². The average Bonchev–Trinajstić information content (AvgIpc) is 2.36. The summed E-state index contributed by atoms with van der Waals surface area (Å²) >= 11 is 3.49. The van der Waals surface area contributed by atoms with Crippen molar-refractivity contribution < 1.29 is 0 Å². The second kappa shape index (κ2) is 6.36. The third-order valence-electron chi connectivity index (χ3n) is 3.19. The number of rotatable bonds is 4. The molecule has 2 heteroatoms. The van der Waals surface area contributed by atoms with Crippen molar-refractivity contribution in [3.63, 3.8) is 0 Å². The summed E-state index contributed by atoms with van der Waals surface area (Å²) in [6, 6.07) is 15.6. The highest BCUT2D eigenvalue weighted by Crippen LogP contribution is 2.25. The zero-order valence-corrected chi connectivity index (χ0v) is 13.3. The summed E-state index contributed by atoms with van der Waals surface area (Å²) in [4.78, 5) is 0. The van der Waals surface area contributed by atoms with E-state index in [2.05, 4.69) is 84.5 Å². The van der Waals surface area contributed by atoms with Gasteiger partial charge in [-0.1, -0.05) is 64.3 Å². The van der Waals surface area contributed by atoms with E-state index in [-0.39, 0.29) is 6.04 Å². The molecule has 0 bridgehead atoms. The quantitative estimate of drug-likeness (QED) is 0.856. The number of hydrogen-bond donors (Lipinski definition) is 1. The fraction of sp³-hybridized carbons (Fsp3) is 0.294. The van der Waals surface area contributed by atoms with Crippen LogP contribution in [0.15, 0.2) is 46.9 Å². The number of benzene rings is 2. The predicted octanol–water partition coefficient (Wildman–Crippen LogP) is 4.76. The summed E-state index contributed by atoms with van der Waals surface area (Å²) in [5.41, 5.74) is 5.27. The molecule has 19 heavy (non-hydrogen) atoms. The van der Waals surface area contributed by atoms with Gasteiger partial charge in [0.1, 0.15) is 0 Å². The first-order valence-electron chi connectivity index (χ1n) is 6.67. The van der Waals surface area contributed by atoms with Gasteiger partial charge in [-0.25, -0.2) is 0 Å². The van der Waals surface area contributed by atoms with Gasteiger partial charge in [-0.3, -0.25) is 0 Å². The minimum atomic E-state index is 0.261. The second-order valence-electron chi connectivity index (χ2n) is 4.96. The Labute approximate surface area is 124 Å². The first-order chi connectivity index (χ1) is 9.10. The van der Waals surface area contributed by atoms with Gasteiger partial charge < -0.3 is 5.32 Å². The molecule has 0 aromatic heterocycles. The van der Waals surface area contributed by atoms with Crippen molar-refractivity contribution in [2.24, 2.45) is 0 Å². The lowest BCUT2D eigenvalue weighted by Crippen LogP contribution is -2.22. The molecule has 0 heterocycles. The van der Waals surface area contributed by atoms with Crippen molar-refractivity contribution >= 4 is 15.9 Å². The van der Waals surface area contributed by atoms with Gasteiger partial charge in [0.15, 0.2) is 0 Å². The molecule has 0 radical (unpaired) electrons. The Morgan fingerprint density at radius 3 is 2.05 bits per heavy atom. The van der Waals surface area contributed by atoms with Gasteiger partial charge in [-0.15, -0.1) is 0 Å². The molecular weight excluding hydrogens is 298 g/mol. The zero-order valence-electron chi connectivity index (χ0n) is 11.7. The van der Waals surface area contributed by atoms with E-state index in [0.29, 0.717) is 0 Å². The molecular formula is C17H20BrN. The van der Waals surface area contributed by atoms with Crippen molar-refractivity contribution in [1.29, 1.82) is 0 Å². The third-order valence-corrected chi connectivity index (χ3v) is 3.72. The van der Waals surface area contributed by atoms with Crippen LogP contribution in [0.4, 0.5) is 0 Å². The lowest BCUT2D eigenvalue weighted by Gasteiger charge is -2.20. The van der Waals surface area contributed by atoms with Crippen LogP contribution in [0.5, 0.6) is 0 Å². The van der Waals surface area contributed by atoms with E-state index < -0.39 is 0 Å². The van der Waals surface area contributed by atoms with Crippen LogP contribution < -0.4 is 5.32 Å². The van der Waals surface area contributed by atoms with Crippen LogP contribution in [0.3, 0.4) is 0 Å². The van der Waals surface area contributed by atoms with E-state index in [9.17, 15) is 0 Å². The Morgan fingerprint density at radius 2 is 1.53 bits per heavy atom. The van der Waals surface area contributed by atoms with Crippen LogP contribution in [-0.2, 0) is 0 Å². The van der Waals surface area contributed by atoms with E-state index in [1.165, 1.54) is 22.3 Å². The van der Waals surface area contributed by atoms with Crippen molar-refractivity contribution in [1.82, 2.24) is 5.32 Å². The molecule has 0 aliphatic heterocycles. The minimum absolute atomic E-state index is 0.261. The third kappa shape index (κ3) is 3.68. The fourth-order valence-corrected chi connectivity index (χ4v) is 2.73. The van der Waals surface area contributed by atoms with E-state index in [1.54, 1.807) is 0 Å². The Bertz CT molecular complexity index is 525. The molecule has 0 aliphatic rings. The molecule has 0 saturated carbocycles. The van der Waals surface area contributed by atoms with Crippen LogP contribution >= 0.6 is 15.9 Å². The van der Waals surface area contributed by atoms with Gasteiger partial charge in [0.2, 0.25) is 0 Å². The maximum absolute atomic E-state index is 3.57. The number of nitrogens with one attached hydrogen (secondary N) is 1. The lowest BCUT2D eigenvalue weighted by molar-refractivity contribution is 0.630. The second-order valence-corrected chi connectivity index (χ2v) is 5.88. The van der Waals surface area contributed by atoms with E-state index >= 15 is 0 Å². The van der Waals surface area contributed by atoms with E-state index in [1.807, 2.05) is 0 Å². The van der Waals surface area contributed by atoms with Crippen LogP contribution in [0.25, 0.3) is 0 Å². The summed E-state index contributed by atoms with van der Waals surface area (Å²) < 4.78 is 1.12. The standard InChI is InChI=1S/C17H20BrN/c1-4-19-17(14-5-7-16(18)8-6-14)15-10-12(2)9-13(3)11-15/h5-11,17,19H,4H2,1-3H3. The molecule has 2 rings (SSSR count). The molecule has 0 saturated heterocycles. The van der Waals surface area contributed by atoms with Crippen molar-refractivity contribution in [2.75, 3.05) is 6.54 Å². The summed E-state index contributed by atoms with van der Waals surface area (Å²) in [5.74, 6) is 0. The highest BCUT2D eigenvalue weighted by molar-refractivity contribution is 9.10. The van der Waals surface area contributed by atoms with Gasteiger partial charge in [-0.05, 0) is 43.7 Å². The number of hydrogen-bond acceptors (Lipinski definition) is 1. The molecule has 2 aromatic carbocycles. The molecule has 0 spiro atoms. The highest BCUT2D eigenvalue weighted by Gasteiger charge is 2.13. The summed E-state index contributed by atoms with van der Waals surface area (Å²) in [6.45, 7) is 7.41. The number of halogens is 1. The monoisotopic (exact) mass is 317 g/mol. The minimum Gasteiger partial charge on any atom is -0.307 e. The molecule has 1 unspecified atom stereocenters. The molecule has 2 aromatic rings. The Balaban J connectivity index is 2.41. The highest BCUT2D eigenvalue weighted by atomic mass is 79.9. The van der Waals surface area contributed by atoms with Gasteiger partial charge in [0, 0.05) is 4.47 Å². The normalized spacial score (nSPS) is 12.4. The van der Waals surface area contributed by atoms with E-state index in [0.717, 1.165) is 11.0 Å². The van der Waals surface area contributed by atoms with Crippen molar-refractivity contribution in [3.8, 4) is 0 Å². The summed E-state index contributed by atoms with van der Waals surface area (Å²) in [6.07, 6.45) is 0. The van der Waals surface area contributed by atoms with Gasteiger partial charge in [0.25, 0.3) is 0 Å². The Kier molecular flexibility index (Phi) is 4.78. The maximum atomic E-state index is 3.57.